The molecule has 1 rings (SSSR count). The number of hydrogen-bond donors (Lipinski definition) is 2. The molecule has 1 aromatic heterocycles. The second-order valence-electron chi connectivity index (χ2n) is 2.91. The number of hydrogen-bond acceptors (Lipinski definition) is 3. The van der Waals surface area contributed by atoms with Crippen molar-refractivity contribution >= 4 is 11.8 Å². The van der Waals surface area contributed by atoms with Crippen molar-refractivity contribution in [2.24, 2.45) is 0 Å². The van der Waals surface area contributed by atoms with E-state index in [0.717, 1.165) is 18.9 Å². The first-order chi connectivity index (χ1) is 6.43. The zero-order chi connectivity index (χ0) is 9.36. The van der Waals surface area contributed by atoms with E-state index in [0.29, 0.717) is 0 Å². The molecule has 1 aromatic rings. The van der Waals surface area contributed by atoms with Crippen molar-refractivity contribution in [3.8, 4) is 0 Å². The molecule has 0 saturated carbocycles. The summed E-state index contributed by atoms with van der Waals surface area (Å²) in [5.74, 6) is 2.28. The number of imidazole rings is 1. The standard InChI is InChI=1S/C9H17N3S/c1-13-7-3-2-4-10-8-9-11-5-6-12-9/h5-6,10H,2-4,7-8H2,1H3,(H,11,12). The van der Waals surface area contributed by atoms with Gasteiger partial charge in [0.2, 0.25) is 0 Å². The van der Waals surface area contributed by atoms with E-state index in [2.05, 4.69) is 21.5 Å². The summed E-state index contributed by atoms with van der Waals surface area (Å²) in [4.78, 5) is 7.19. The maximum absolute atomic E-state index is 4.13. The lowest BCUT2D eigenvalue weighted by atomic mass is 10.3. The lowest BCUT2D eigenvalue weighted by Gasteiger charge is -2.01. The van der Waals surface area contributed by atoms with Gasteiger partial charge in [-0.25, -0.2) is 4.98 Å². The molecule has 1 heterocycles. The molecule has 0 atom stereocenters. The Labute approximate surface area is 83.7 Å². The van der Waals surface area contributed by atoms with Gasteiger partial charge in [-0.2, -0.15) is 11.8 Å². The third-order valence-electron chi connectivity index (χ3n) is 1.80. The lowest BCUT2D eigenvalue weighted by Crippen LogP contribution is -2.15. The van der Waals surface area contributed by atoms with Gasteiger partial charge < -0.3 is 10.3 Å². The molecular weight excluding hydrogens is 182 g/mol. The SMILES string of the molecule is CSCCCCNCc1ncc[nH]1. The van der Waals surface area contributed by atoms with Crippen LogP contribution in [0, 0.1) is 0 Å². The molecule has 4 heteroatoms. The molecule has 0 saturated heterocycles. The van der Waals surface area contributed by atoms with Crippen LogP contribution in [0.1, 0.15) is 18.7 Å². The Kier molecular flexibility index (Phi) is 5.69. The van der Waals surface area contributed by atoms with Crippen LogP contribution in [0.2, 0.25) is 0 Å². The molecule has 13 heavy (non-hydrogen) atoms. The number of H-pyrrole nitrogens is 1. The smallest absolute Gasteiger partial charge is 0.120 e. The van der Waals surface area contributed by atoms with Gasteiger partial charge in [-0.3, -0.25) is 0 Å². The Morgan fingerprint density at radius 1 is 1.54 bits per heavy atom. The van der Waals surface area contributed by atoms with Crippen molar-refractivity contribution in [1.29, 1.82) is 0 Å². The van der Waals surface area contributed by atoms with E-state index in [1.807, 2.05) is 18.0 Å². The van der Waals surface area contributed by atoms with Gasteiger partial charge >= 0.3 is 0 Å². The minimum absolute atomic E-state index is 0.853. The maximum Gasteiger partial charge on any atom is 0.120 e. The Bertz CT molecular complexity index is 199. The summed E-state index contributed by atoms with van der Waals surface area (Å²) in [5.41, 5.74) is 0. The monoisotopic (exact) mass is 199 g/mol. The summed E-state index contributed by atoms with van der Waals surface area (Å²) in [6.07, 6.45) is 8.33. The summed E-state index contributed by atoms with van der Waals surface area (Å²) >= 11 is 1.91. The Morgan fingerprint density at radius 3 is 3.15 bits per heavy atom. The van der Waals surface area contributed by atoms with E-state index in [1.165, 1.54) is 18.6 Å². The molecule has 0 aliphatic carbocycles. The zero-order valence-electron chi connectivity index (χ0n) is 8.05. The molecule has 0 radical (unpaired) electrons. The fourth-order valence-electron chi connectivity index (χ4n) is 1.10. The van der Waals surface area contributed by atoms with Crippen LogP contribution in [0.4, 0.5) is 0 Å². The van der Waals surface area contributed by atoms with Gasteiger partial charge in [0.05, 0.1) is 6.54 Å². The molecule has 0 amide bonds. The van der Waals surface area contributed by atoms with Crippen LogP contribution in [0.5, 0.6) is 0 Å². The van der Waals surface area contributed by atoms with E-state index in [4.69, 9.17) is 0 Å². The molecule has 0 bridgehead atoms. The quantitative estimate of drug-likeness (QED) is 0.656. The van der Waals surface area contributed by atoms with Crippen molar-refractivity contribution in [2.45, 2.75) is 19.4 Å². The highest BCUT2D eigenvalue weighted by Crippen LogP contribution is 1.98. The topological polar surface area (TPSA) is 40.7 Å². The van der Waals surface area contributed by atoms with Crippen LogP contribution in [0.15, 0.2) is 12.4 Å². The second-order valence-corrected chi connectivity index (χ2v) is 3.90. The van der Waals surface area contributed by atoms with Crippen molar-refractivity contribution in [2.75, 3.05) is 18.6 Å². The lowest BCUT2D eigenvalue weighted by molar-refractivity contribution is 0.628. The van der Waals surface area contributed by atoms with Gasteiger partial charge in [0.25, 0.3) is 0 Å². The van der Waals surface area contributed by atoms with E-state index in [1.54, 1.807) is 6.20 Å². The maximum atomic E-state index is 4.13. The molecule has 0 aromatic carbocycles. The largest absolute Gasteiger partial charge is 0.348 e. The van der Waals surface area contributed by atoms with Gasteiger partial charge in [-0.1, -0.05) is 0 Å². The first-order valence-corrected chi connectivity index (χ1v) is 6.01. The highest BCUT2D eigenvalue weighted by atomic mass is 32.2. The fraction of sp³-hybridized carbons (Fsp3) is 0.667. The number of thioether (sulfide) groups is 1. The van der Waals surface area contributed by atoms with Crippen molar-refractivity contribution in [3.05, 3.63) is 18.2 Å². The van der Waals surface area contributed by atoms with Crippen molar-refractivity contribution in [3.63, 3.8) is 0 Å². The predicted octanol–water partition coefficient (Wildman–Crippen LogP) is 1.64. The molecule has 2 N–H and O–H groups in total. The summed E-state index contributed by atoms with van der Waals surface area (Å²) in [7, 11) is 0. The summed E-state index contributed by atoms with van der Waals surface area (Å²) in [6.45, 7) is 1.94. The number of nitrogens with one attached hydrogen (secondary N) is 2. The van der Waals surface area contributed by atoms with Crippen LogP contribution >= 0.6 is 11.8 Å². The summed E-state index contributed by atoms with van der Waals surface area (Å²) in [6, 6.07) is 0. The summed E-state index contributed by atoms with van der Waals surface area (Å²) in [5, 5.41) is 3.34. The molecule has 0 unspecified atom stereocenters. The number of nitrogens with zero attached hydrogens (tertiary/aromatic N) is 1. The molecule has 0 fully saturated rings. The molecule has 0 spiro atoms. The Hall–Kier alpha value is -0.480. The van der Waals surface area contributed by atoms with E-state index in [9.17, 15) is 0 Å². The van der Waals surface area contributed by atoms with Crippen LogP contribution in [0.25, 0.3) is 0 Å². The van der Waals surface area contributed by atoms with Gasteiger partial charge in [0.15, 0.2) is 0 Å². The Morgan fingerprint density at radius 2 is 2.46 bits per heavy atom. The average Bonchev–Trinajstić information content (AvgIpc) is 2.63. The van der Waals surface area contributed by atoms with Gasteiger partial charge in [-0.05, 0) is 31.4 Å². The molecule has 74 valence electrons. The van der Waals surface area contributed by atoms with Gasteiger partial charge in [-0.15, -0.1) is 0 Å². The van der Waals surface area contributed by atoms with Gasteiger partial charge in [0.1, 0.15) is 5.82 Å². The van der Waals surface area contributed by atoms with E-state index in [-0.39, 0.29) is 0 Å². The van der Waals surface area contributed by atoms with Crippen LogP contribution in [-0.2, 0) is 6.54 Å². The van der Waals surface area contributed by atoms with Crippen molar-refractivity contribution in [1.82, 2.24) is 15.3 Å². The zero-order valence-corrected chi connectivity index (χ0v) is 8.86. The van der Waals surface area contributed by atoms with E-state index >= 15 is 0 Å². The van der Waals surface area contributed by atoms with Crippen LogP contribution in [0.3, 0.4) is 0 Å². The highest BCUT2D eigenvalue weighted by molar-refractivity contribution is 7.98. The van der Waals surface area contributed by atoms with Crippen LogP contribution < -0.4 is 5.32 Å². The highest BCUT2D eigenvalue weighted by Gasteiger charge is 1.92. The average molecular weight is 199 g/mol. The number of aromatic amines is 1. The first kappa shape index (κ1) is 10.6. The third-order valence-corrected chi connectivity index (χ3v) is 2.50. The molecule has 3 nitrogen and oxygen atoms in total. The summed E-state index contributed by atoms with van der Waals surface area (Å²) < 4.78 is 0. The van der Waals surface area contributed by atoms with Crippen LogP contribution in [-0.4, -0.2) is 28.5 Å². The number of rotatable bonds is 7. The van der Waals surface area contributed by atoms with Gasteiger partial charge in [0, 0.05) is 12.4 Å². The minimum atomic E-state index is 0.853. The second kappa shape index (κ2) is 6.97. The first-order valence-electron chi connectivity index (χ1n) is 4.61. The van der Waals surface area contributed by atoms with Crippen molar-refractivity contribution < 1.29 is 0 Å². The molecule has 0 aliphatic rings. The number of aromatic nitrogens is 2. The van der Waals surface area contributed by atoms with E-state index < -0.39 is 0 Å². The minimum Gasteiger partial charge on any atom is -0.348 e. The molecular formula is C9H17N3S. The Balaban J connectivity index is 1.90. The third kappa shape index (κ3) is 4.95. The predicted molar refractivity (Wildman–Crippen MR) is 57.9 cm³/mol. The normalized spacial score (nSPS) is 10.5. The number of unbranched alkanes of at least 4 members (excludes halogenated alkanes) is 1. The fourth-order valence-corrected chi connectivity index (χ4v) is 1.59. The molecule has 0 aliphatic heterocycles.